The highest BCUT2D eigenvalue weighted by molar-refractivity contribution is 7.89. The van der Waals surface area contributed by atoms with Crippen LogP contribution in [0.25, 0.3) is 5.82 Å². The fourth-order valence-corrected chi connectivity index (χ4v) is 5.40. The van der Waals surface area contributed by atoms with Gasteiger partial charge >= 0.3 is 0 Å². The highest BCUT2D eigenvalue weighted by Gasteiger charge is 2.29. The number of benzene rings is 1. The number of anilines is 1. The molecule has 1 aliphatic rings. The molecule has 0 radical (unpaired) electrons. The van der Waals surface area contributed by atoms with Crippen LogP contribution in [0.1, 0.15) is 22.8 Å². The summed E-state index contributed by atoms with van der Waals surface area (Å²) in [5, 5.41) is 4.96. The molecule has 8 nitrogen and oxygen atoms in total. The van der Waals surface area contributed by atoms with Gasteiger partial charge in [0.1, 0.15) is 11.6 Å². The van der Waals surface area contributed by atoms with Crippen molar-refractivity contribution < 1.29 is 8.42 Å². The number of nitrogens with zero attached hydrogens (tertiary/aromatic N) is 6. The first-order valence-electron chi connectivity index (χ1n) is 10.1. The van der Waals surface area contributed by atoms with Gasteiger partial charge in [0.2, 0.25) is 10.0 Å². The van der Waals surface area contributed by atoms with Crippen LogP contribution in [0.5, 0.6) is 0 Å². The Hall–Kier alpha value is -2.49. The minimum atomic E-state index is -3.59. The van der Waals surface area contributed by atoms with Crippen molar-refractivity contribution in [2.45, 2.75) is 32.6 Å². The third kappa shape index (κ3) is 4.30. The Morgan fingerprint density at radius 3 is 2.19 bits per heavy atom. The third-order valence-corrected chi connectivity index (χ3v) is 7.68. The summed E-state index contributed by atoms with van der Waals surface area (Å²) < 4.78 is 29.4. The summed E-state index contributed by atoms with van der Waals surface area (Å²) in [5.74, 6) is 2.12. The molecule has 0 atom stereocenters. The molecular formula is C21H25ClN6O2S. The highest BCUT2D eigenvalue weighted by Crippen LogP contribution is 2.25. The Morgan fingerprint density at radius 1 is 0.903 bits per heavy atom. The van der Waals surface area contributed by atoms with Gasteiger partial charge in [-0.2, -0.15) is 9.40 Å². The van der Waals surface area contributed by atoms with Crippen LogP contribution in [0.15, 0.2) is 35.2 Å². The zero-order valence-electron chi connectivity index (χ0n) is 18.0. The van der Waals surface area contributed by atoms with Gasteiger partial charge in [0, 0.05) is 43.0 Å². The molecule has 0 N–H and O–H groups in total. The van der Waals surface area contributed by atoms with E-state index in [9.17, 15) is 8.42 Å². The first-order valence-corrected chi connectivity index (χ1v) is 11.9. The molecule has 1 saturated heterocycles. The van der Waals surface area contributed by atoms with Crippen LogP contribution in [0.4, 0.5) is 5.82 Å². The van der Waals surface area contributed by atoms with E-state index in [1.807, 2.05) is 39.8 Å². The van der Waals surface area contributed by atoms with Gasteiger partial charge in [0.15, 0.2) is 5.82 Å². The standard InChI is InChI=1S/C21H25ClN6O2S/c1-14-5-6-18(12-19(14)22)31(29,30)27-9-7-26(8-10-27)20-13-21(24-17(4)23-20)28-16(3)11-15(2)25-28/h5-6,11-13H,7-10H2,1-4H3. The Labute approximate surface area is 187 Å². The Balaban J connectivity index is 1.54. The summed E-state index contributed by atoms with van der Waals surface area (Å²) in [6.45, 7) is 9.43. The van der Waals surface area contributed by atoms with Gasteiger partial charge in [0.05, 0.1) is 10.6 Å². The lowest BCUT2D eigenvalue weighted by atomic mass is 10.2. The second-order valence-electron chi connectivity index (χ2n) is 7.77. The zero-order chi connectivity index (χ0) is 22.3. The molecule has 0 amide bonds. The molecule has 3 aromatic rings. The van der Waals surface area contributed by atoms with Crippen molar-refractivity contribution in [3.8, 4) is 5.82 Å². The maximum absolute atomic E-state index is 13.0. The molecule has 0 saturated carbocycles. The number of hydrogen-bond acceptors (Lipinski definition) is 6. The number of aromatic nitrogens is 4. The topological polar surface area (TPSA) is 84.2 Å². The average molecular weight is 461 g/mol. The number of halogens is 1. The van der Waals surface area contributed by atoms with Crippen molar-refractivity contribution >= 4 is 27.4 Å². The minimum absolute atomic E-state index is 0.223. The van der Waals surface area contributed by atoms with E-state index >= 15 is 0 Å². The van der Waals surface area contributed by atoms with Crippen molar-refractivity contribution in [1.29, 1.82) is 0 Å². The highest BCUT2D eigenvalue weighted by atomic mass is 35.5. The van der Waals surface area contributed by atoms with E-state index < -0.39 is 10.0 Å². The molecule has 1 aliphatic heterocycles. The first-order chi connectivity index (χ1) is 14.6. The lowest BCUT2D eigenvalue weighted by molar-refractivity contribution is 0.383. The van der Waals surface area contributed by atoms with Gasteiger partial charge in [-0.1, -0.05) is 17.7 Å². The Bertz CT molecular complexity index is 1230. The van der Waals surface area contributed by atoms with E-state index in [0.717, 1.165) is 22.8 Å². The van der Waals surface area contributed by atoms with Gasteiger partial charge in [-0.3, -0.25) is 0 Å². The predicted octanol–water partition coefficient (Wildman–Crippen LogP) is 3.06. The average Bonchev–Trinajstić information content (AvgIpc) is 3.07. The summed E-state index contributed by atoms with van der Waals surface area (Å²) in [6.07, 6.45) is 0. The van der Waals surface area contributed by atoms with E-state index in [1.54, 1.807) is 16.8 Å². The molecule has 1 fully saturated rings. The van der Waals surface area contributed by atoms with Crippen molar-refractivity contribution in [2.75, 3.05) is 31.1 Å². The molecule has 2 aromatic heterocycles. The maximum atomic E-state index is 13.0. The van der Waals surface area contributed by atoms with Crippen molar-refractivity contribution in [2.24, 2.45) is 0 Å². The summed E-state index contributed by atoms with van der Waals surface area (Å²) in [5.41, 5.74) is 2.77. The molecule has 0 spiro atoms. The van der Waals surface area contributed by atoms with E-state index in [1.165, 1.54) is 10.4 Å². The molecule has 3 heterocycles. The van der Waals surface area contributed by atoms with Crippen molar-refractivity contribution in [3.63, 3.8) is 0 Å². The van der Waals surface area contributed by atoms with Crippen molar-refractivity contribution in [3.05, 3.63) is 58.1 Å². The van der Waals surface area contributed by atoms with E-state index in [-0.39, 0.29) is 4.90 Å². The maximum Gasteiger partial charge on any atom is 0.243 e. The summed E-state index contributed by atoms with van der Waals surface area (Å²) in [4.78, 5) is 11.4. The van der Waals surface area contributed by atoms with Gasteiger partial charge in [-0.05, 0) is 51.5 Å². The molecule has 0 unspecified atom stereocenters. The normalized spacial score (nSPS) is 15.5. The summed E-state index contributed by atoms with van der Waals surface area (Å²) >= 11 is 6.14. The largest absolute Gasteiger partial charge is 0.354 e. The monoisotopic (exact) mass is 460 g/mol. The SMILES string of the molecule is Cc1cc(C)n(-c2cc(N3CCN(S(=O)(=O)c4ccc(C)c(Cl)c4)CC3)nc(C)n2)n1. The van der Waals surface area contributed by atoms with Gasteiger partial charge < -0.3 is 4.90 Å². The van der Waals surface area contributed by atoms with Crippen LogP contribution in [-0.2, 0) is 10.0 Å². The number of hydrogen-bond donors (Lipinski definition) is 0. The van der Waals surface area contributed by atoms with Gasteiger partial charge in [-0.15, -0.1) is 0 Å². The fraction of sp³-hybridized carbons (Fsp3) is 0.381. The first kappa shape index (κ1) is 21.7. The molecule has 1 aromatic carbocycles. The van der Waals surface area contributed by atoms with Crippen LogP contribution in [-0.4, -0.2) is 58.7 Å². The summed E-state index contributed by atoms with van der Waals surface area (Å²) in [6, 6.07) is 8.76. The Morgan fingerprint density at radius 2 is 1.58 bits per heavy atom. The van der Waals surface area contributed by atoms with Gasteiger partial charge in [0.25, 0.3) is 0 Å². The van der Waals surface area contributed by atoms with Crippen LogP contribution >= 0.6 is 11.6 Å². The number of rotatable bonds is 4. The predicted molar refractivity (Wildman–Crippen MR) is 121 cm³/mol. The molecular weight excluding hydrogens is 436 g/mol. The zero-order valence-corrected chi connectivity index (χ0v) is 19.6. The second-order valence-corrected chi connectivity index (χ2v) is 10.1. The summed E-state index contributed by atoms with van der Waals surface area (Å²) in [7, 11) is -3.59. The molecule has 0 bridgehead atoms. The van der Waals surface area contributed by atoms with Crippen LogP contribution < -0.4 is 4.90 Å². The molecule has 164 valence electrons. The third-order valence-electron chi connectivity index (χ3n) is 5.38. The lowest BCUT2D eigenvalue weighted by Gasteiger charge is -2.34. The van der Waals surface area contributed by atoms with Crippen molar-refractivity contribution in [1.82, 2.24) is 24.1 Å². The van der Waals surface area contributed by atoms with E-state index in [4.69, 9.17) is 11.6 Å². The number of piperazine rings is 1. The molecule has 4 rings (SSSR count). The number of sulfonamides is 1. The molecule has 31 heavy (non-hydrogen) atoms. The number of aryl methyl sites for hydroxylation is 4. The van der Waals surface area contributed by atoms with Crippen LogP contribution in [0.2, 0.25) is 5.02 Å². The van der Waals surface area contributed by atoms with Crippen LogP contribution in [0.3, 0.4) is 0 Å². The van der Waals surface area contributed by atoms with Gasteiger partial charge in [-0.25, -0.2) is 23.1 Å². The minimum Gasteiger partial charge on any atom is -0.354 e. The van der Waals surface area contributed by atoms with Crippen LogP contribution in [0, 0.1) is 27.7 Å². The molecule has 10 heteroatoms. The lowest BCUT2D eigenvalue weighted by Crippen LogP contribution is -2.49. The fourth-order valence-electron chi connectivity index (χ4n) is 3.71. The second kappa shape index (κ2) is 8.22. The van der Waals surface area contributed by atoms with E-state index in [0.29, 0.717) is 42.8 Å². The van der Waals surface area contributed by atoms with E-state index in [2.05, 4.69) is 20.0 Å². The quantitative estimate of drug-likeness (QED) is 0.595. The molecule has 0 aliphatic carbocycles. The Kier molecular flexibility index (Phi) is 5.76. The smallest absolute Gasteiger partial charge is 0.243 e.